The molecule has 1 aromatic carbocycles. The van der Waals surface area contributed by atoms with Gasteiger partial charge < -0.3 is 5.32 Å². The molecule has 0 saturated heterocycles. The van der Waals surface area contributed by atoms with Gasteiger partial charge in [-0.15, -0.1) is 0 Å². The molecule has 0 saturated carbocycles. The third-order valence-electron chi connectivity index (χ3n) is 2.33. The van der Waals surface area contributed by atoms with Crippen molar-refractivity contribution in [1.29, 1.82) is 0 Å². The molecule has 1 N–H and O–H groups in total. The van der Waals surface area contributed by atoms with Crippen molar-refractivity contribution in [3.8, 4) is 0 Å². The number of benzene rings is 1. The summed E-state index contributed by atoms with van der Waals surface area (Å²) >= 11 is 0. The summed E-state index contributed by atoms with van der Waals surface area (Å²) in [6.07, 6.45) is -1.31. The normalized spacial score (nSPS) is 11.8. The monoisotopic (exact) mass is 257 g/mol. The van der Waals surface area contributed by atoms with Gasteiger partial charge in [0.05, 0.1) is 5.56 Å². The Labute approximate surface area is 104 Å². The molecule has 0 aliphatic carbocycles. The number of hydrogen-bond acceptors (Lipinski definition) is 1. The standard InChI is InChI=1S/C13H14F3NO/c1-2-5-12(18)17-9-8-10-6-3-4-7-11(10)13(14,15)16/h2-7H,8-9H2,1H3,(H,17,18)/b5-2+. The van der Waals surface area contributed by atoms with Crippen LogP contribution in [0.25, 0.3) is 0 Å². The summed E-state index contributed by atoms with van der Waals surface area (Å²) in [5, 5.41) is 2.52. The van der Waals surface area contributed by atoms with Gasteiger partial charge in [-0.1, -0.05) is 24.3 Å². The first kappa shape index (κ1) is 14.3. The van der Waals surface area contributed by atoms with Crippen LogP contribution in [-0.4, -0.2) is 12.5 Å². The van der Waals surface area contributed by atoms with E-state index < -0.39 is 11.7 Å². The fraction of sp³-hybridized carbons (Fsp3) is 0.308. The summed E-state index contributed by atoms with van der Waals surface area (Å²) in [4.78, 5) is 11.1. The second kappa shape index (κ2) is 6.23. The zero-order valence-corrected chi connectivity index (χ0v) is 9.92. The van der Waals surface area contributed by atoms with Crippen molar-refractivity contribution in [1.82, 2.24) is 5.32 Å². The number of nitrogens with one attached hydrogen (secondary N) is 1. The molecular formula is C13H14F3NO. The number of allylic oxidation sites excluding steroid dienone is 1. The smallest absolute Gasteiger partial charge is 0.352 e. The van der Waals surface area contributed by atoms with Gasteiger partial charge in [-0.3, -0.25) is 4.79 Å². The lowest BCUT2D eigenvalue weighted by Gasteiger charge is -2.12. The molecule has 0 heterocycles. The van der Waals surface area contributed by atoms with Gasteiger partial charge in [0, 0.05) is 6.54 Å². The van der Waals surface area contributed by atoms with Crippen LogP contribution >= 0.6 is 0 Å². The highest BCUT2D eigenvalue weighted by Crippen LogP contribution is 2.31. The van der Waals surface area contributed by atoms with Crippen LogP contribution in [0.15, 0.2) is 36.4 Å². The topological polar surface area (TPSA) is 29.1 Å². The largest absolute Gasteiger partial charge is 0.416 e. The van der Waals surface area contributed by atoms with Crippen molar-refractivity contribution in [3.05, 3.63) is 47.5 Å². The van der Waals surface area contributed by atoms with Gasteiger partial charge in [-0.2, -0.15) is 13.2 Å². The molecule has 0 radical (unpaired) electrons. The first-order valence-corrected chi connectivity index (χ1v) is 5.50. The van der Waals surface area contributed by atoms with E-state index >= 15 is 0 Å². The second-order valence-electron chi connectivity index (χ2n) is 3.70. The second-order valence-corrected chi connectivity index (χ2v) is 3.70. The maximum absolute atomic E-state index is 12.7. The van der Waals surface area contributed by atoms with Crippen LogP contribution in [0, 0.1) is 0 Å². The first-order chi connectivity index (χ1) is 8.45. The number of carbonyl (C=O) groups is 1. The SMILES string of the molecule is C/C=C/C(=O)NCCc1ccccc1C(F)(F)F. The van der Waals surface area contributed by atoms with Gasteiger partial charge in [0.2, 0.25) is 5.91 Å². The fourth-order valence-corrected chi connectivity index (χ4v) is 1.55. The van der Waals surface area contributed by atoms with Crippen molar-refractivity contribution in [2.75, 3.05) is 6.54 Å². The third kappa shape index (κ3) is 4.24. The Balaban J connectivity index is 2.65. The molecule has 0 aliphatic rings. The summed E-state index contributed by atoms with van der Waals surface area (Å²) in [5.74, 6) is -0.304. The number of hydrogen-bond donors (Lipinski definition) is 1. The Morgan fingerprint density at radius 3 is 2.61 bits per heavy atom. The Kier molecular flexibility index (Phi) is 4.95. The highest BCUT2D eigenvalue weighted by atomic mass is 19.4. The molecule has 0 aromatic heterocycles. The van der Waals surface area contributed by atoms with Crippen LogP contribution < -0.4 is 5.32 Å². The van der Waals surface area contributed by atoms with Crippen LogP contribution in [0.5, 0.6) is 0 Å². The lowest BCUT2D eigenvalue weighted by Crippen LogP contribution is -2.24. The van der Waals surface area contributed by atoms with Gasteiger partial charge in [-0.25, -0.2) is 0 Å². The van der Waals surface area contributed by atoms with Crippen molar-refractivity contribution in [3.63, 3.8) is 0 Å². The maximum atomic E-state index is 12.7. The van der Waals surface area contributed by atoms with Crippen LogP contribution in [0.2, 0.25) is 0 Å². The van der Waals surface area contributed by atoms with Gasteiger partial charge in [0.1, 0.15) is 0 Å². The van der Waals surface area contributed by atoms with Crippen LogP contribution in [0.4, 0.5) is 13.2 Å². The van der Waals surface area contributed by atoms with E-state index in [0.29, 0.717) is 0 Å². The highest BCUT2D eigenvalue weighted by molar-refractivity contribution is 5.87. The molecule has 18 heavy (non-hydrogen) atoms. The molecule has 2 nitrogen and oxygen atoms in total. The molecule has 0 bridgehead atoms. The van der Waals surface area contributed by atoms with E-state index in [2.05, 4.69) is 5.32 Å². The molecule has 0 atom stereocenters. The van der Waals surface area contributed by atoms with E-state index in [1.807, 2.05) is 0 Å². The number of carbonyl (C=O) groups excluding carboxylic acids is 1. The molecule has 1 rings (SSSR count). The quantitative estimate of drug-likeness (QED) is 0.825. The van der Waals surface area contributed by atoms with Gasteiger partial charge >= 0.3 is 6.18 Å². The Bertz CT molecular complexity index is 438. The lowest BCUT2D eigenvalue weighted by molar-refractivity contribution is -0.138. The predicted molar refractivity (Wildman–Crippen MR) is 63.0 cm³/mol. The third-order valence-corrected chi connectivity index (χ3v) is 2.33. The molecule has 0 fully saturated rings. The maximum Gasteiger partial charge on any atom is 0.416 e. The average Bonchev–Trinajstić information content (AvgIpc) is 2.28. The fourth-order valence-electron chi connectivity index (χ4n) is 1.55. The summed E-state index contributed by atoms with van der Waals surface area (Å²) in [5.41, 5.74) is -0.462. The average molecular weight is 257 g/mol. The molecule has 1 aromatic rings. The number of halogens is 3. The molecule has 0 unspecified atom stereocenters. The van der Waals surface area contributed by atoms with Crippen molar-refractivity contribution in [2.45, 2.75) is 19.5 Å². The summed E-state index contributed by atoms with van der Waals surface area (Å²) in [7, 11) is 0. The minimum Gasteiger partial charge on any atom is -0.352 e. The van der Waals surface area contributed by atoms with E-state index in [9.17, 15) is 18.0 Å². The highest BCUT2D eigenvalue weighted by Gasteiger charge is 2.32. The minimum atomic E-state index is -4.36. The molecule has 98 valence electrons. The van der Waals surface area contributed by atoms with Crippen LogP contribution in [0.3, 0.4) is 0 Å². The number of rotatable bonds is 4. The zero-order valence-electron chi connectivity index (χ0n) is 9.92. The molecule has 0 aliphatic heterocycles. The molecule has 5 heteroatoms. The van der Waals surface area contributed by atoms with E-state index in [-0.39, 0.29) is 24.4 Å². The number of alkyl halides is 3. The van der Waals surface area contributed by atoms with Gasteiger partial charge in [0.15, 0.2) is 0 Å². The van der Waals surface area contributed by atoms with Gasteiger partial charge in [0.25, 0.3) is 0 Å². The van der Waals surface area contributed by atoms with E-state index in [1.54, 1.807) is 19.1 Å². The van der Waals surface area contributed by atoms with E-state index in [4.69, 9.17) is 0 Å². The summed E-state index contributed by atoms with van der Waals surface area (Å²) in [6.45, 7) is 1.87. The van der Waals surface area contributed by atoms with Crippen molar-refractivity contribution in [2.24, 2.45) is 0 Å². The molecule has 0 spiro atoms. The van der Waals surface area contributed by atoms with Gasteiger partial charge in [-0.05, 0) is 31.1 Å². The first-order valence-electron chi connectivity index (χ1n) is 5.50. The van der Waals surface area contributed by atoms with E-state index in [1.165, 1.54) is 18.2 Å². The van der Waals surface area contributed by atoms with Crippen molar-refractivity contribution >= 4 is 5.91 Å². The molecule has 1 amide bonds. The molecular weight excluding hydrogens is 243 g/mol. The van der Waals surface area contributed by atoms with Crippen LogP contribution in [0.1, 0.15) is 18.1 Å². The van der Waals surface area contributed by atoms with E-state index in [0.717, 1.165) is 6.07 Å². The predicted octanol–water partition coefficient (Wildman–Crippen LogP) is 2.94. The summed E-state index contributed by atoms with van der Waals surface area (Å²) < 4.78 is 38.0. The summed E-state index contributed by atoms with van der Waals surface area (Å²) in [6, 6.07) is 5.37. The Hall–Kier alpha value is -1.78. The van der Waals surface area contributed by atoms with Crippen molar-refractivity contribution < 1.29 is 18.0 Å². The lowest BCUT2D eigenvalue weighted by atomic mass is 10.0. The zero-order chi connectivity index (χ0) is 13.6. The Morgan fingerprint density at radius 1 is 1.33 bits per heavy atom. The Morgan fingerprint density at radius 2 is 2.00 bits per heavy atom. The minimum absolute atomic E-state index is 0.152. The number of amides is 1. The van der Waals surface area contributed by atoms with Crippen LogP contribution in [-0.2, 0) is 17.4 Å².